The fourth-order valence-electron chi connectivity index (χ4n) is 2.07. The number of aromatic hydroxyl groups is 1. The Balaban J connectivity index is 2.13. The van der Waals surface area contributed by atoms with Crippen LogP contribution in [0.1, 0.15) is 6.92 Å². The van der Waals surface area contributed by atoms with Gasteiger partial charge in [0.1, 0.15) is 17.3 Å². The quantitative estimate of drug-likeness (QED) is 0.753. The number of fused-ring (bicyclic) bond motifs is 1. The summed E-state index contributed by atoms with van der Waals surface area (Å²) in [5.74, 6) is 1.76. The standard InChI is InChI=1S/C15H14N2O2/c1-2-19-14-6-4-3-5-11(14)15-16-12-8-7-10(18)9-13(12)17-15/h3-9,18H,2H2,1H3,(H,16,17). The Morgan fingerprint density at radius 1 is 1.21 bits per heavy atom. The lowest BCUT2D eigenvalue weighted by atomic mass is 10.2. The van der Waals surface area contributed by atoms with Crippen molar-refractivity contribution in [3.8, 4) is 22.9 Å². The second-order valence-electron chi connectivity index (χ2n) is 4.22. The molecular weight excluding hydrogens is 240 g/mol. The lowest BCUT2D eigenvalue weighted by Crippen LogP contribution is -1.94. The van der Waals surface area contributed by atoms with Crippen molar-refractivity contribution in [1.82, 2.24) is 9.97 Å². The topological polar surface area (TPSA) is 58.1 Å². The molecule has 1 aromatic heterocycles. The Labute approximate surface area is 110 Å². The number of phenols is 1. The maximum Gasteiger partial charge on any atom is 0.142 e. The molecule has 0 aliphatic heterocycles. The molecule has 0 aliphatic rings. The first-order chi connectivity index (χ1) is 9.28. The summed E-state index contributed by atoms with van der Waals surface area (Å²) in [5, 5.41) is 9.48. The average molecular weight is 254 g/mol. The van der Waals surface area contributed by atoms with Crippen molar-refractivity contribution in [2.24, 2.45) is 0 Å². The van der Waals surface area contributed by atoms with E-state index in [-0.39, 0.29) is 5.75 Å². The number of aromatic amines is 1. The van der Waals surface area contributed by atoms with Crippen molar-refractivity contribution in [1.29, 1.82) is 0 Å². The van der Waals surface area contributed by atoms with Crippen LogP contribution in [-0.2, 0) is 0 Å². The molecule has 0 saturated carbocycles. The Morgan fingerprint density at radius 2 is 2.05 bits per heavy atom. The lowest BCUT2D eigenvalue weighted by Gasteiger charge is -2.07. The molecule has 0 radical (unpaired) electrons. The molecule has 2 N–H and O–H groups in total. The zero-order chi connectivity index (χ0) is 13.2. The first-order valence-corrected chi connectivity index (χ1v) is 6.19. The molecule has 2 aromatic carbocycles. The molecule has 19 heavy (non-hydrogen) atoms. The van der Waals surface area contributed by atoms with Crippen LogP contribution in [0.25, 0.3) is 22.4 Å². The smallest absolute Gasteiger partial charge is 0.142 e. The SMILES string of the molecule is CCOc1ccccc1-c1nc2ccc(O)cc2[nH]1. The molecule has 0 atom stereocenters. The van der Waals surface area contributed by atoms with E-state index in [2.05, 4.69) is 9.97 Å². The highest BCUT2D eigenvalue weighted by atomic mass is 16.5. The van der Waals surface area contributed by atoms with Gasteiger partial charge < -0.3 is 14.8 Å². The third-order valence-corrected chi connectivity index (χ3v) is 2.91. The monoisotopic (exact) mass is 254 g/mol. The van der Waals surface area contributed by atoms with Gasteiger partial charge in [-0.05, 0) is 31.2 Å². The van der Waals surface area contributed by atoms with Gasteiger partial charge in [0.15, 0.2) is 0 Å². The van der Waals surface area contributed by atoms with Gasteiger partial charge in [0.2, 0.25) is 0 Å². The van der Waals surface area contributed by atoms with E-state index in [1.54, 1.807) is 18.2 Å². The number of hydrogen-bond donors (Lipinski definition) is 2. The van der Waals surface area contributed by atoms with Crippen LogP contribution >= 0.6 is 0 Å². The fourth-order valence-corrected chi connectivity index (χ4v) is 2.07. The van der Waals surface area contributed by atoms with Crippen LogP contribution in [0.2, 0.25) is 0 Å². The van der Waals surface area contributed by atoms with E-state index < -0.39 is 0 Å². The Hall–Kier alpha value is -2.49. The van der Waals surface area contributed by atoms with Crippen LogP contribution in [0, 0.1) is 0 Å². The minimum absolute atomic E-state index is 0.223. The Morgan fingerprint density at radius 3 is 2.89 bits per heavy atom. The molecular formula is C15H14N2O2. The summed E-state index contributed by atoms with van der Waals surface area (Å²) in [6, 6.07) is 12.8. The van der Waals surface area contributed by atoms with E-state index in [0.29, 0.717) is 6.61 Å². The van der Waals surface area contributed by atoms with Crippen LogP contribution < -0.4 is 4.74 Å². The third-order valence-electron chi connectivity index (χ3n) is 2.91. The molecule has 3 rings (SSSR count). The summed E-state index contributed by atoms with van der Waals surface area (Å²) in [6.45, 7) is 2.56. The molecule has 4 nitrogen and oxygen atoms in total. The Kier molecular flexibility index (Phi) is 2.83. The second kappa shape index (κ2) is 4.65. The number of hydrogen-bond acceptors (Lipinski definition) is 3. The molecule has 0 bridgehead atoms. The number of H-pyrrole nitrogens is 1. The van der Waals surface area contributed by atoms with Gasteiger partial charge in [0.05, 0.1) is 23.2 Å². The summed E-state index contributed by atoms with van der Waals surface area (Å²) in [6.07, 6.45) is 0. The molecule has 96 valence electrons. The zero-order valence-corrected chi connectivity index (χ0v) is 10.6. The summed E-state index contributed by atoms with van der Waals surface area (Å²) < 4.78 is 5.60. The van der Waals surface area contributed by atoms with E-state index in [1.165, 1.54) is 0 Å². The van der Waals surface area contributed by atoms with Crippen molar-refractivity contribution < 1.29 is 9.84 Å². The Bertz CT molecular complexity index is 719. The third kappa shape index (κ3) is 2.12. The number of benzene rings is 2. The molecule has 3 aromatic rings. The fraction of sp³-hybridized carbons (Fsp3) is 0.133. The van der Waals surface area contributed by atoms with Crippen LogP contribution in [0.4, 0.5) is 0 Å². The van der Waals surface area contributed by atoms with Gasteiger partial charge in [-0.2, -0.15) is 0 Å². The average Bonchev–Trinajstić information content (AvgIpc) is 2.82. The van der Waals surface area contributed by atoms with Crippen molar-refractivity contribution in [2.45, 2.75) is 6.92 Å². The number of phenolic OH excluding ortho intramolecular Hbond substituents is 1. The summed E-state index contributed by atoms with van der Waals surface area (Å²) >= 11 is 0. The van der Waals surface area contributed by atoms with Gasteiger partial charge in [0.25, 0.3) is 0 Å². The largest absolute Gasteiger partial charge is 0.508 e. The lowest BCUT2D eigenvalue weighted by molar-refractivity contribution is 0.341. The van der Waals surface area contributed by atoms with Gasteiger partial charge in [-0.3, -0.25) is 0 Å². The van der Waals surface area contributed by atoms with Gasteiger partial charge >= 0.3 is 0 Å². The summed E-state index contributed by atoms with van der Waals surface area (Å²) in [7, 11) is 0. The molecule has 0 saturated heterocycles. The van der Waals surface area contributed by atoms with Crippen molar-refractivity contribution in [2.75, 3.05) is 6.61 Å². The van der Waals surface area contributed by atoms with Gasteiger partial charge in [-0.25, -0.2) is 4.98 Å². The van der Waals surface area contributed by atoms with E-state index in [0.717, 1.165) is 28.2 Å². The van der Waals surface area contributed by atoms with E-state index in [4.69, 9.17) is 4.74 Å². The number of imidazole rings is 1. The van der Waals surface area contributed by atoms with Gasteiger partial charge in [-0.15, -0.1) is 0 Å². The number of para-hydroxylation sites is 1. The van der Waals surface area contributed by atoms with Crippen molar-refractivity contribution in [3.63, 3.8) is 0 Å². The van der Waals surface area contributed by atoms with Crippen LogP contribution in [0.3, 0.4) is 0 Å². The molecule has 4 heteroatoms. The van der Waals surface area contributed by atoms with E-state index >= 15 is 0 Å². The first kappa shape index (κ1) is 11.6. The van der Waals surface area contributed by atoms with E-state index in [1.807, 2.05) is 31.2 Å². The normalized spacial score (nSPS) is 10.8. The highest BCUT2D eigenvalue weighted by Crippen LogP contribution is 2.30. The molecule has 0 amide bonds. The highest BCUT2D eigenvalue weighted by molar-refractivity contribution is 5.81. The van der Waals surface area contributed by atoms with Gasteiger partial charge in [-0.1, -0.05) is 12.1 Å². The second-order valence-corrected chi connectivity index (χ2v) is 4.22. The minimum Gasteiger partial charge on any atom is -0.508 e. The molecule has 1 heterocycles. The minimum atomic E-state index is 0.223. The van der Waals surface area contributed by atoms with Crippen molar-refractivity contribution in [3.05, 3.63) is 42.5 Å². The number of aromatic nitrogens is 2. The van der Waals surface area contributed by atoms with Crippen LogP contribution in [0.15, 0.2) is 42.5 Å². The summed E-state index contributed by atoms with van der Waals surface area (Å²) in [4.78, 5) is 7.72. The number of nitrogens with zero attached hydrogens (tertiary/aromatic N) is 1. The predicted molar refractivity (Wildman–Crippen MR) is 74.4 cm³/mol. The highest BCUT2D eigenvalue weighted by Gasteiger charge is 2.10. The summed E-state index contributed by atoms with van der Waals surface area (Å²) in [5.41, 5.74) is 2.54. The number of rotatable bonds is 3. The predicted octanol–water partition coefficient (Wildman–Crippen LogP) is 3.33. The first-order valence-electron chi connectivity index (χ1n) is 6.19. The van der Waals surface area contributed by atoms with Gasteiger partial charge in [0, 0.05) is 6.07 Å². The number of nitrogens with one attached hydrogen (secondary N) is 1. The van der Waals surface area contributed by atoms with E-state index in [9.17, 15) is 5.11 Å². The zero-order valence-electron chi connectivity index (χ0n) is 10.6. The molecule has 0 spiro atoms. The number of ether oxygens (including phenoxy) is 1. The molecule has 0 aliphatic carbocycles. The maximum atomic E-state index is 9.48. The van der Waals surface area contributed by atoms with Crippen molar-refractivity contribution >= 4 is 11.0 Å². The molecule has 0 unspecified atom stereocenters. The van der Waals surface area contributed by atoms with Crippen LogP contribution in [0.5, 0.6) is 11.5 Å². The van der Waals surface area contributed by atoms with Crippen LogP contribution in [-0.4, -0.2) is 21.7 Å². The molecule has 0 fully saturated rings. The maximum absolute atomic E-state index is 9.48.